The molecule has 1 heterocycles. The molecular formula is C20H21ClN2O2S. The van der Waals surface area contributed by atoms with Gasteiger partial charge in [-0.3, -0.25) is 9.59 Å². The lowest BCUT2D eigenvalue weighted by molar-refractivity contribution is -0.132. The third kappa shape index (κ3) is 5.26. The Labute approximate surface area is 162 Å². The van der Waals surface area contributed by atoms with Crippen molar-refractivity contribution in [3.8, 4) is 0 Å². The molecule has 26 heavy (non-hydrogen) atoms. The monoisotopic (exact) mass is 388 g/mol. The second-order valence-electron chi connectivity index (χ2n) is 6.28. The number of hydrogen-bond donors (Lipinski definition) is 1. The highest BCUT2D eigenvalue weighted by Gasteiger charge is 2.28. The molecular weight excluding hydrogens is 368 g/mol. The molecule has 2 aromatic rings. The minimum Gasteiger partial charge on any atom is -0.341 e. The van der Waals surface area contributed by atoms with Crippen LogP contribution in [0.5, 0.6) is 0 Å². The quantitative estimate of drug-likeness (QED) is 0.776. The molecule has 6 heteroatoms. The summed E-state index contributed by atoms with van der Waals surface area (Å²) < 4.78 is 0. The molecule has 1 atom stereocenters. The lowest BCUT2D eigenvalue weighted by Crippen LogP contribution is -2.44. The maximum Gasteiger partial charge on any atom is 0.232 e. The van der Waals surface area contributed by atoms with Crippen LogP contribution in [0.3, 0.4) is 0 Å². The highest BCUT2D eigenvalue weighted by atomic mass is 35.5. The third-order valence-electron chi connectivity index (χ3n) is 4.36. The summed E-state index contributed by atoms with van der Waals surface area (Å²) in [6.45, 7) is 1.20. The molecule has 1 aliphatic heterocycles. The number of halogens is 1. The van der Waals surface area contributed by atoms with Crippen LogP contribution in [0.15, 0.2) is 59.5 Å². The van der Waals surface area contributed by atoms with Gasteiger partial charge in [-0.2, -0.15) is 0 Å². The number of likely N-dealkylation sites (tertiary alicyclic amines) is 1. The van der Waals surface area contributed by atoms with Gasteiger partial charge in [0.15, 0.2) is 0 Å². The van der Waals surface area contributed by atoms with Crippen LogP contribution in [0.25, 0.3) is 0 Å². The number of rotatable bonds is 5. The largest absolute Gasteiger partial charge is 0.341 e. The Bertz CT molecular complexity index is 752. The normalized spacial score (nSPS) is 17.0. The fourth-order valence-electron chi connectivity index (χ4n) is 2.95. The number of nitrogens with one attached hydrogen (secondary N) is 1. The molecule has 0 aromatic heterocycles. The fourth-order valence-corrected chi connectivity index (χ4v) is 3.88. The summed E-state index contributed by atoms with van der Waals surface area (Å²) in [5.74, 6) is 0.268. The van der Waals surface area contributed by atoms with Gasteiger partial charge in [0.2, 0.25) is 11.8 Å². The first kappa shape index (κ1) is 18.8. The topological polar surface area (TPSA) is 49.4 Å². The van der Waals surface area contributed by atoms with Gasteiger partial charge in [-0.15, -0.1) is 11.8 Å². The van der Waals surface area contributed by atoms with E-state index < -0.39 is 0 Å². The van der Waals surface area contributed by atoms with Crippen LogP contribution in [0.1, 0.15) is 12.8 Å². The average Bonchev–Trinajstić information content (AvgIpc) is 2.68. The average molecular weight is 389 g/mol. The summed E-state index contributed by atoms with van der Waals surface area (Å²) in [7, 11) is 0. The highest BCUT2D eigenvalue weighted by molar-refractivity contribution is 8.00. The van der Waals surface area contributed by atoms with Crippen LogP contribution >= 0.6 is 23.4 Å². The van der Waals surface area contributed by atoms with Gasteiger partial charge in [-0.1, -0.05) is 29.8 Å². The number of hydrogen-bond acceptors (Lipinski definition) is 3. The first-order chi connectivity index (χ1) is 12.6. The summed E-state index contributed by atoms with van der Waals surface area (Å²) >= 11 is 7.37. The Morgan fingerprint density at radius 1 is 1.12 bits per heavy atom. The molecule has 1 aliphatic rings. The first-order valence-electron chi connectivity index (χ1n) is 8.64. The molecule has 0 bridgehead atoms. The third-order valence-corrected chi connectivity index (χ3v) is 5.61. The number of thioether (sulfide) groups is 1. The molecule has 1 saturated heterocycles. The van der Waals surface area contributed by atoms with Crippen molar-refractivity contribution in [2.45, 2.75) is 17.7 Å². The van der Waals surface area contributed by atoms with E-state index >= 15 is 0 Å². The second kappa shape index (κ2) is 9.10. The van der Waals surface area contributed by atoms with E-state index in [9.17, 15) is 9.59 Å². The smallest absolute Gasteiger partial charge is 0.232 e. The number of carbonyl (C=O) groups excluding carboxylic acids is 2. The van der Waals surface area contributed by atoms with Gasteiger partial charge in [0.1, 0.15) is 0 Å². The Kier molecular flexibility index (Phi) is 6.58. The summed E-state index contributed by atoms with van der Waals surface area (Å²) in [4.78, 5) is 27.8. The van der Waals surface area contributed by atoms with E-state index in [1.807, 2.05) is 59.5 Å². The lowest BCUT2D eigenvalue weighted by atomic mass is 9.97. The van der Waals surface area contributed by atoms with Gasteiger partial charge in [0, 0.05) is 28.7 Å². The van der Waals surface area contributed by atoms with Crippen molar-refractivity contribution in [3.05, 3.63) is 59.6 Å². The van der Waals surface area contributed by atoms with E-state index in [2.05, 4.69) is 5.32 Å². The second-order valence-corrected chi connectivity index (χ2v) is 7.76. The standard InChI is InChI=1S/C20H21ClN2O2S/c21-16-8-10-18(11-9-16)26-14-19(24)23-12-4-5-15(13-23)20(25)22-17-6-2-1-3-7-17/h1-3,6-11,15H,4-5,12-14H2,(H,22,25). The SMILES string of the molecule is O=C(Nc1ccccc1)C1CCCN(C(=O)CSc2ccc(Cl)cc2)C1. The van der Waals surface area contributed by atoms with Crippen LogP contribution < -0.4 is 5.32 Å². The molecule has 2 amide bonds. The van der Waals surface area contributed by atoms with Gasteiger partial charge >= 0.3 is 0 Å². The Morgan fingerprint density at radius 2 is 1.85 bits per heavy atom. The van der Waals surface area contributed by atoms with E-state index in [0.29, 0.717) is 17.3 Å². The summed E-state index contributed by atoms with van der Waals surface area (Å²) in [5, 5.41) is 3.62. The van der Waals surface area contributed by atoms with Crippen molar-refractivity contribution < 1.29 is 9.59 Å². The molecule has 2 aromatic carbocycles. The summed E-state index contributed by atoms with van der Waals surface area (Å²) in [5.41, 5.74) is 0.791. The molecule has 0 spiro atoms. The van der Waals surface area contributed by atoms with Crippen molar-refractivity contribution in [2.24, 2.45) is 5.92 Å². The predicted octanol–water partition coefficient (Wildman–Crippen LogP) is 4.31. The van der Waals surface area contributed by atoms with E-state index in [1.54, 1.807) is 0 Å². The maximum atomic E-state index is 12.5. The molecule has 0 aliphatic carbocycles. The summed E-state index contributed by atoms with van der Waals surface area (Å²) in [6.07, 6.45) is 1.66. The highest BCUT2D eigenvalue weighted by Crippen LogP contribution is 2.23. The molecule has 0 saturated carbocycles. The number of nitrogens with zero attached hydrogens (tertiary/aromatic N) is 1. The van der Waals surface area contributed by atoms with Crippen molar-refractivity contribution in [2.75, 3.05) is 24.2 Å². The van der Waals surface area contributed by atoms with Crippen molar-refractivity contribution in [1.82, 2.24) is 4.90 Å². The fraction of sp³-hybridized carbons (Fsp3) is 0.300. The van der Waals surface area contributed by atoms with E-state index in [-0.39, 0.29) is 17.7 Å². The molecule has 136 valence electrons. The van der Waals surface area contributed by atoms with Crippen LogP contribution in [0.4, 0.5) is 5.69 Å². The van der Waals surface area contributed by atoms with E-state index in [4.69, 9.17) is 11.6 Å². The molecule has 1 N–H and O–H groups in total. The van der Waals surface area contributed by atoms with Gasteiger partial charge in [-0.05, 0) is 49.2 Å². The first-order valence-corrected chi connectivity index (χ1v) is 10.0. The minimum atomic E-state index is -0.159. The van der Waals surface area contributed by atoms with Crippen molar-refractivity contribution in [1.29, 1.82) is 0 Å². The van der Waals surface area contributed by atoms with Crippen molar-refractivity contribution in [3.63, 3.8) is 0 Å². The maximum absolute atomic E-state index is 12.5. The van der Waals surface area contributed by atoms with Crippen LogP contribution in [0.2, 0.25) is 5.02 Å². The van der Waals surface area contributed by atoms with E-state index in [0.717, 1.165) is 30.0 Å². The number of amides is 2. The van der Waals surface area contributed by atoms with E-state index in [1.165, 1.54) is 11.8 Å². The van der Waals surface area contributed by atoms with Gasteiger partial charge in [0.25, 0.3) is 0 Å². The van der Waals surface area contributed by atoms with Gasteiger partial charge in [0.05, 0.1) is 11.7 Å². The number of piperidine rings is 1. The van der Waals surface area contributed by atoms with Crippen LogP contribution in [0, 0.1) is 5.92 Å². The zero-order valence-electron chi connectivity index (χ0n) is 14.4. The Morgan fingerprint density at radius 3 is 2.58 bits per heavy atom. The van der Waals surface area contributed by atoms with Gasteiger partial charge < -0.3 is 10.2 Å². The zero-order valence-corrected chi connectivity index (χ0v) is 15.9. The van der Waals surface area contributed by atoms with Gasteiger partial charge in [-0.25, -0.2) is 0 Å². The number of para-hydroxylation sites is 1. The molecule has 0 radical (unpaired) electrons. The molecule has 1 fully saturated rings. The zero-order chi connectivity index (χ0) is 18.4. The molecule has 1 unspecified atom stereocenters. The van der Waals surface area contributed by atoms with Crippen molar-refractivity contribution >= 4 is 40.9 Å². The lowest BCUT2D eigenvalue weighted by Gasteiger charge is -2.32. The number of carbonyl (C=O) groups is 2. The van der Waals surface area contributed by atoms with Crippen LogP contribution in [-0.4, -0.2) is 35.6 Å². The molecule has 4 nitrogen and oxygen atoms in total. The Hall–Kier alpha value is -1.98. The predicted molar refractivity (Wildman–Crippen MR) is 107 cm³/mol. The van der Waals surface area contributed by atoms with Crippen LogP contribution in [-0.2, 0) is 9.59 Å². The minimum absolute atomic E-state index is 0.0148. The number of benzene rings is 2. The Balaban J connectivity index is 1.51. The molecule has 3 rings (SSSR count). The number of anilines is 1. The summed E-state index contributed by atoms with van der Waals surface area (Å²) in [6, 6.07) is 16.9.